The van der Waals surface area contributed by atoms with Gasteiger partial charge in [-0.15, -0.1) is 0 Å². The first-order valence-corrected chi connectivity index (χ1v) is 18.5. The Morgan fingerprint density at radius 3 is 0.864 bits per heavy atom. The van der Waals surface area contributed by atoms with E-state index in [0.29, 0.717) is 0 Å². The Morgan fingerprint density at radius 2 is 0.727 bits per heavy atom. The molecule has 0 heterocycles. The van der Waals surface area contributed by atoms with Gasteiger partial charge in [0.1, 0.15) is 0 Å². The zero-order chi connectivity index (χ0) is 17.4. The van der Waals surface area contributed by atoms with E-state index >= 15 is 0 Å². The molecule has 0 saturated heterocycles. The van der Waals surface area contributed by atoms with Crippen molar-refractivity contribution in [3.05, 3.63) is 0 Å². The summed E-state index contributed by atoms with van der Waals surface area (Å²) < 4.78 is -3.70. The number of rotatable bonds is 13. The summed E-state index contributed by atoms with van der Waals surface area (Å²) >= 11 is 27.6. The summed E-state index contributed by atoms with van der Waals surface area (Å²) in [6, 6.07) is 0. The van der Waals surface area contributed by atoms with Crippen molar-refractivity contribution in [2.75, 3.05) is 24.6 Å². The normalized spacial score (nSPS) is 16.7. The molecule has 0 aliphatic rings. The number of hydrogen-bond donors (Lipinski definition) is 0. The molecule has 22 heavy (non-hydrogen) atoms. The van der Waals surface area contributed by atoms with E-state index in [9.17, 15) is 0 Å². The molecule has 0 N–H and O–H groups in total. The molecule has 0 nitrogen and oxygen atoms in total. The topological polar surface area (TPSA) is 0 Å². The van der Waals surface area contributed by atoms with Gasteiger partial charge in [0.05, 0.1) is 0 Å². The van der Waals surface area contributed by atoms with Crippen LogP contribution in [0.3, 0.4) is 0 Å². The fourth-order valence-corrected chi connectivity index (χ4v) is 26.8. The Kier molecular flexibility index (Phi) is 10.5. The molecule has 0 spiro atoms. The fraction of sp³-hybridized carbons (Fsp3) is 1.00. The predicted molar refractivity (Wildman–Crippen MR) is 116 cm³/mol. The Bertz CT molecular complexity index is 273. The molecule has 0 saturated carbocycles. The van der Waals surface area contributed by atoms with E-state index in [0.717, 1.165) is 76.0 Å². The monoisotopic (exact) mass is 430 g/mol. The summed E-state index contributed by atoms with van der Waals surface area (Å²) in [6.07, 6.45) is 10.9. The van der Waals surface area contributed by atoms with E-state index in [1.807, 2.05) is 0 Å². The molecule has 0 aromatic carbocycles. The number of hydrogen-bond acceptors (Lipinski definition) is 0. The van der Waals surface area contributed by atoms with Crippen LogP contribution in [0.15, 0.2) is 0 Å². The second kappa shape index (κ2) is 9.64. The van der Waals surface area contributed by atoms with Gasteiger partial charge >= 0.3 is 159 Å². The van der Waals surface area contributed by atoms with Gasteiger partial charge in [-0.1, -0.05) is 0 Å². The fourth-order valence-electron chi connectivity index (χ4n) is 3.53. The van der Waals surface area contributed by atoms with Gasteiger partial charge in [0.15, 0.2) is 0 Å². The van der Waals surface area contributed by atoms with Crippen LogP contribution in [0.4, 0.5) is 0 Å². The zero-order valence-electron chi connectivity index (χ0n) is 14.9. The third kappa shape index (κ3) is 5.51. The van der Waals surface area contributed by atoms with E-state index in [1.165, 1.54) is 0 Å². The number of unbranched alkanes of at least 4 members (excludes halogenated alkanes) is 4. The van der Waals surface area contributed by atoms with Gasteiger partial charge in [-0.3, -0.25) is 0 Å². The van der Waals surface area contributed by atoms with Gasteiger partial charge in [0.2, 0.25) is 0 Å². The SMILES string of the molecule is CCCCP(CCCC)(CCCC)(CCCC)P(Cl)(Cl)(Cl)Cl. The first-order chi connectivity index (χ1) is 10.1. The molecule has 0 atom stereocenters. The zero-order valence-corrected chi connectivity index (χ0v) is 19.7. The van der Waals surface area contributed by atoms with Crippen LogP contribution in [-0.2, 0) is 0 Å². The van der Waals surface area contributed by atoms with E-state index in [1.54, 1.807) is 0 Å². The molecule has 138 valence electrons. The molecule has 0 rings (SSSR count). The maximum atomic E-state index is 6.90. The van der Waals surface area contributed by atoms with Gasteiger partial charge in [0.25, 0.3) is 0 Å². The van der Waals surface area contributed by atoms with Crippen molar-refractivity contribution >= 4 is 55.0 Å². The van der Waals surface area contributed by atoms with Crippen molar-refractivity contribution in [2.24, 2.45) is 0 Å². The second-order valence-electron chi connectivity index (χ2n) is 6.90. The van der Waals surface area contributed by atoms with Crippen LogP contribution in [0.25, 0.3) is 0 Å². The molecule has 0 aromatic rings. The number of halogens is 4. The van der Waals surface area contributed by atoms with Crippen LogP contribution < -0.4 is 0 Å². The first kappa shape index (κ1) is 24.0. The van der Waals surface area contributed by atoms with E-state index in [4.69, 9.17) is 45.0 Å². The molecular weight excluding hydrogens is 396 g/mol. The minimum absolute atomic E-state index is 1.08. The molecule has 0 unspecified atom stereocenters. The molecule has 0 bridgehead atoms. The first-order valence-electron chi connectivity index (χ1n) is 8.97. The quantitative estimate of drug-likeness (QED) is 0.254. The molecule has 0 amide bonds. The van der Waals surface area contributed by atoms with Crippen molar-refractivity contribution in [3.8, 4) is 0 Å². The predicted octanol–water partition coefficient (Wildman–Crippen LogP) is 9.82. The summed E-state index contributed by atoms with van der Waals surface area (Å²) in [7, 11) is 0. The van der Waals surface area contributed by atoms with Gasteiger partial charge in [-0.25, -0.2) is 0 Å². The average molecular weight is 432 g/mol. The van der Waals surface area contributed by atoms with Crippen molar-refractivity contribution < 1.29 is 0 Å². The average Bonchev–Trinajstić information content (AvgIpc) is 2.44. The Labute approximate surface area is 158 Å². The van der Waals surface area contributed by atoms with Crippen LogP contribution in [-0.4, -0.2) is 24.6 Å². The van der Waals surface area contributed by atoms with E-state index < -0.39 is 9.99 Å². The van der Waals surface area contributed by atoms with E-state index in [-0.39, 0.29) is 0 Å². The van der Waals surface area contributed by atoms with Gasteiger partial charge in [-0.05, 0) is 0 Å². The van der Waals surface area contributed by atoms with Crippen molar-refractivity contribution in [2.45, 2.75) is 79.1 Å². The van der Waals surface area contributed by atoms with E-state index in [2.05, 4.69) is 27.7 Å². The molecule has 0 aromatic heterocycles. The van der Waals surface area contributed by atoms with Crippen LogP contribution in [0.1, 0.15) is 79.1 Å². The van der Waals surface area contributed by atoms with Crippen molar-refractivity contribution in [1.29, 1.82) is 0 Å². The minimum atomic E-state index is -3.70. The third-order valence-corrected chi connectivity index (χ3v) is 35.7. The van der Waals surface area contributed by atoms with Crippen LogP contribution in [0, 0.1) is 0 Å². The van der Waals surface area contributed by atoms with Crippen LogP contribution in [0.5, 0.6) is 0 Å². The van der Waals surface area contributed by atoms with Gasteiger partial charge < -0.3 is 0 Å². The Hall–Kier alpha value is 2.02. The summed E-state index contributed by atoms with van der Waals surface area (Å²) in [5.41, 5.74) is 0. The van der Waals surface area contributed by atoms with Gasteiger partial charge in [0, 0.05) is 0 Å². The maximum absolute atomic E-state index is 6.90. The Balaban J connectivity index is 6.03. The second-order valence-corrected chi connectivity index (χ2v) is 33.7. The van der Waals surface area contributed by atoms with Crippen LogP contribution >= 0.6 is 55.0 Å². The van der Waals surface area contributed by atoms with Gasteiger partial charge in [-0.2, -0.15) is 0 Å². The molecular formula is C16H36Cl4P2. The molecule has 0 fully saturated rings. The Morgan fingerprint density at radius 1 is 0.500 bits per heavy atom. The van der Waals surface area contributed by atoms with Crippen molar-refractivity contribution in [1.82, 2.24) is 0 Å². The summed E-state index contributed by atoms with van der Waals surface area (Å²) in [6.45, 7) is 8.91. The summed E-state index contributed by atoms with van der Waals surface area (Å²) in [5, 5.41) is 0. The summed E-state index contributed by atoms with van der Waals surface area (Å²) in [5.74, 6) is 0. The van der Waals surface area contributed by atoms with Crippen LogP contribution in [0.2, 0.25) is 0 Å². The molecule has 0 aliphatic carbocycles. The van der Waals surface area contributed by atoms with Crippen molar-refractivity contribution in [3.63, 3.8) is 0 Å². The molecule has 6 heteroatoms. The third-order valence-electron chi connectivity index (χ3n) is 5.20. The summed E-state index contributed by atoms with van der Waals surface area (Å²) in [4.78, 5) is 0. The molecule has 0 aliphatic heterocycles. The standard InChI is InChI=1S/C16H36Cl4P2/c1-5-9-13-21(14-10-6-2,15-11-7-3,16-12-8-4)22(17,18,19)20/h5-16H2,1-4H3. The molecule has 0 radical (unpaired) electrons.